The number of hydrazone groups is 1. The first-order chi connectivity index (χ1) is 13.1. The predicted molar refractivity (Wildman–Crippen MR) is 108 cm³/mol. The summed E-state index contributed by atoms with van der Waals surface area (Å²) in [6.45, 7) is 0. The molecule has 0 radical (unpaired) electrons. The zero-order valence-corrected chi connectivity index (χ0v) is 16.4. The van der Waals surface area contributed by atoms with Crippen molar-refractivity contribution >= 4 is 28.1 Å². The van der Waals surface area contributed by atoms with Gasteiger partial charge in [-0.05, 0) is 57.9 Å². The van der Waals surface area contributed by atoms with E-state index in [1.54, 1.807) is 32.6 Å². The lowest BCUT2D eigenvalue weighted by atomic mass is 10.1. The number of halogens is 1. The number of para-hydroxylation sites is 1. The maximum absolute atomic E-state index is 12.5. The van der Waals surface area contributed by atoms with Crippen molar-refractivity contribution in [3.63, 3.8) is 0 Å². The van der Waals surface area contributed by atoms with Crippen LogP contribution in [0.2, 0.25) is 0 Å². The average Bonchev–Trinajstić information content (AvgIpc) is 3.22. The van der Waals surface area contributed by atoms with Crippen molar-refractivity contribution in [3.05, 3.63) is 76.5 Å². The van der Waals surface area contributed by atoms with Gasteiger partial charge in [-0.2, -0.15) is 5.10 Å². The van der Waals surface area contributed by atoms with Crippen molar-refractivity contribution in [2.75, 3.05) is 14.2 Å². The Hall–Kier alpha value is -3.06. The Balaban J connectivity index is 1.78. The molecule has 0 spiro atoms. The van der Waals surface area contributed by atoms with Gasteiger partial charge in [0.05, 0.1) is 36.2 Å². The lowest BCUT2D eigenvalue weighted by Gasteiger charge is -2.10. The van der Waals surface area contributed by atoms with Crippen molar-refractivity contribution in [1.29, 1.82) is 0 Å². The third-order valence-electron chi connectivity index (χ3n) is 3.87. The van der Waals surface area contributed by atoms with Crippen molar-refractivity contribution < 1.29 is 14.3 Å². The van der Waals surface area contributed by atoms with Crippen LogP contribution in [0.25, 0.3) is 5.69 Å². The number of methoxy groups -OCH3 is 2. The topological polar surface area (TPSA) is 64.8 Å². The number of aromatic nitrogens is 1. The normalized spacial score (nSPS) is 10.8. The molecular weight excluding hydrogens is 410 g/mol. The van der Waals surface area contributed by atoms with Gasteiger partial charge in [-0.25, -0.2) is 5.43 Å². The molecule has 0 unspecified atom stereocenters. The monoisotopic (exact) mass is 427 g/mol. The van der Waals surface area contributed by atoms with Gasteiger partial charge in [-0.3, -0.25) is 4.79 Å². The molecule has 1 heterocycles. The van der Waals surface area contributed by atoms with E-state index in [1.807, 2.05) is 53.4 Å². The quantitative estimate of drug-likeness (QED) is 0.477. The second-order valence-corrected chi connectivity index (χ2v) is 6.40. The molecule has 3 rings (SSSR count). The molecule has 0 saturated heterocycles. The van der Waals surface area contributed by atoms with E-state index in [4.69, 9.17) is 9.47 Å². The largest absolute Gasteiger partial charge is 0.493 e. The molecule has 0 bridgehead atoms. The summed E-state index contributed by atoms with van der Waals surface area (Å²) in [5, 5.41) is 4.06. The van der Waals surface area contributed by atoms with Crippen molar-refractivity contribution in [1.82, 2.24) is 9.99 Å². The summed E-state index contributed by atoms with van der Waals surface area (Å²) in [4.78, 5) is 12.5. The Labute approximate surface area is 165 Å². The highest BCUT2D eigenvalue weighted by atomic mass is 79.9. The van der Waals surface area contributed by atoms with E-state index in [1.165, 1.54) is 0 Å². The van der Waals surface area contributed by atoms with Gasteiger partial charge in [0.1, 0.15) is 0 Å². The summed E-state index contributed by atoms with van der Waals surface area (Å²) in [6, 6.07) is 14.7. The van der Waals surface area contributed by atoms with Crippen LogP contribution < -0.4 is 14.9 Å². The standard InChI is InChI=1S/C20H18BrN3O3/c1-26-18-12-14(11-16(21)19(18)27-2)13-22-23-20(25)15-7-3-4-8-17(15)24-9-5-6-10-24/h3-13H,1-2H3,(H,23,25)/b22-13-. The number of hydrogen-bond donors (Lipinski definition) is 1. The summed E-state index contributed by atoms with van der Waals surface area (Å²) in [7, 11) is 3.13. The maximum Gasteiger partial charge on any atom is 0.273 e. The summed E-state index contributed by atoms with van der Waals surface area (Å²) < 4.78 is 13.2. The minimum Gasteiger partial charge on any atom is -0.493 e. The summed E-state index contributed by atoms with van der Waals surface area (Å²) >= 11 is 3.43. The molecule has 1 aromatic heterocycles. The number of hydrogen-bond acceptors (Lipinski definition) is 4. The molecule has 138 valence electrons. The number of nitrogens with zero attached hydrogens (tertiary/aromatic N) is 2. The molecule has 0 saturated carbocycles. The molecule has 2 aromatic carbocycles. The minimum atomic E-state index is -0.296. The summed E-state index contributed by atoms with van der Waals surface area (Å²) in [5.41, 5.74) is 4.62. The zero-order chi connectivity index (χ0) is 19.2. The first-order valence-electron chi connectivity index (χ1n) is 8.11. The minimum absolute atomic E-state index is 0.296. The van der Waals surface area contributed by atoms with Crippen molar-refractivity contribution in [2.24, 2.45) is 5.10 Å². The Kier molecular flexibility index (Phi) is 5.93. The van der Waals surface area contributed by atoms with E-state index in [0.717, 1.165) is 15.7 Å². The number of carbonyl (C=O) groups is 1. The Morgan fingerprint density at radius 1 is 1.11 bits per heavy atom. The van der Waals surface area contributed by atoms with Crippen LogP contribution in [0, 0.1) is 0 Å². The Bertz CT molecular complexity index is 969. The highest BCUT2D eigenvalue weighted by Crippen LogP contribution is 2.35. The van der Waals surface area contributed by atoms with Gasteiger partial charge in [-0.1, -0.05) is 12.1 Å². The predicted octanol–water partition coefficient (Wildman–Crippen LogP) is 4.02. The second-order valence-electron chi connectivity index (χ2n) is 5.54. The fourth-order valence-electron chi connectivity index (χ4n) is 2.62. The molecule has 0 aliphatic heterocycles. The van der Waals surface area contributed by atoms with Gasteiger partial charge < -0.3 is 14.0 Å². The molecular formula is C20H18BrN3O3. The van der Waals surface area contributed by atoms with E-state index in [2.05, 4.69) is 26.5 Å². The van der Waals surface area contributed by atoms with Crippen molar-refractivity contribution in [3.8, 4) is 17.2 Å². The molecule has 3 aromatic rings. The van der Waals surface area contributed by atoms with Crippen LogP contribution >= 0.6 is 15.9 Å². The van der Waals surface area contributed by atoms with Gasteiger partial charge in [0.25, 0.3) is 5.91 Å². The summed E-state index contributed by atoms with van der Waals surface area (Å²) in [6.07, 6.45) is 5.32. The number of carbonyl (C=O) groups excluding carboxylic acids is 1. The molecule has 0 atom stereocenters. The Morgan fingerprint density at radius 2 is 1.85 bits per heavy atom. The number of ether oxygens (including phenoxy) is 2. The van der Waals surface area contributed by atoms with E-state index in [-0.39, 0.29) is 5.91 Å². The average molecular weight is 428 g/mol. The lowest BCUT2D eigenvalue weighted by Crippen LogP contribution is -2.19. The van der Waals surface area contributed by atoms with E-state index < -0.39 is 0 Å². The molecule has 1 amide bonds. The number of amides is 1. The van der Waals surface area contributed by atoms with Crippen LogP contribution in [0.15, 0.2) is 70.5 Å². The van der Waals surface area contributed by atoms with Crippen LogP contribution in [0.1, 0.15) is 15.9 Å². The third kappa shape index (κ3) is 4.20. The van der Waals surface area contributed by atoms with Gasteiger partial charge in [0, 0.05) is 12.4 Å². The molecule has 0 fully saturated rings. The first-order valence-corrected chi connectivity index (χ1v) is 8.90. The van der Waals surface area contributed by atoms with Gasteiger partial charge in [-0.15, -0.1) is 0 Å². The molecule has 1 N–H and O–H groups in total. The van der Waals surface area contributed by atoms with Gasteiger partial charge >= 0.3 is 0 Å². The fourth-order valence-corrected chi connectivity index (χ4v) is 3.25. The maximum atomic E-state index is 12.5. The first kappa shape index (κ1) is 18.7. The van der Waals surface area contributed by atoms with Crippen LogP contribution in [-0.4, -0.2) is 30.9 Å². The summed E-state index contributed by atoms with van der Waals surface area (Å²) in [5.74, 6) is 0.868. The number of rotatable bonds is 6. The second kappa shape index (κ2) is 8.55. The molecule has 7 heteroatoms. The number of nitrogens with one attached hydrogen (secondary N) is 1. The zero-order valence-electron chi connectivity index (χ0n) is 14.8. The molecule has 0 aliphatic carbocycles. The SMILES string of the molecule is COc1cc(/C=N\NC(=O)c2ccccc2-n2cccc2)cc(Br)c1OC. The molecule has 27 heavy (non-hydrogen) atoms. The number of benzene rings is 2. The lowest BCUT2D eigenvalue weighted by molar-refractivity contribution is 0.0955. The highest BCUT2D eigenvalue weighted by molar-refractivity contribution is 9.10. The van der Waals surface area contributed by atoms with E-state index >= 15 is 0 Å². The van der Waals surface area contributed by atoms with Crippen LogP contribution in [0.5, 0.6) is 11.5 Å². The van der Waals surface area contributed by atoms with E-state index in [0.29, 0.717) is 17.1 Å². The fraction of sp³-hybridized carbons (Fsp3) is 0.100. The van der Waals surface area contributed by atoms with Gasteiger partial charge in [0.2, 0.25) is 0 Å². The van der Waals surface area contributed by atoms with Crippen LogP contribution in [-0.2, 0) is 0 Å². The molecule has 6 nitrogen and oxygen atoms in total. The van der Waals surface area contributed by atoms with Crippen molar-refractivity contribution in [2.45, 2.75) is 0 Å². The highest BCUT2D eigenvalue weighted by Gasteiger charge is 2.12. The smallest absolute Gasteiger partial charge is 0.273 e. The Morgan fingerprint density at radius 3 is 2.56 bits per heavy atom. The van der Waals surface area contributed by atoms with Crippen LogP contribution in [0.4, 0.5) is 0 Å². The van der Waals surface area contributed by atoms with Gasteiger partial charge in [0.15, 0.2) is 11.5 Å². The third-order valence-corrected chi connectivity index (χ3v) is 4.46. The van der Waals surface area contributed by atoms with Crippen LogP contribution in [0.3, 0.4) is 0 Å². The molecule has 0 aliphatic rings. The van der Waals surface area contributed by atoms with E-state index in [9.17, 15) is 4.79 Å².